The number of anilines is 1. The van der Waals surface area contributed by atoms with Gasteiger partial charge >= 0.3 is 6.03 Å². The number of hydrogen-bond donors (Lipinski definition) is 1. The topological polar surface area (TPSA) is 76.2 Å². The average Bonchev–Trinajstić information content (AvgIpc) is 2.75. The van der Waals surface area contributed by atoms with Gasteiger partial charge in [0, 0.05) is 70.0 Å². The molecule has 0 aromatic heterocycles. The van der Waals surface area contributed by atoms with Gasteiger partial charge in [-0.3, -0.25) is 14.5 Å². The molecule has 30 heavy (non-hydrogen) atoms. The van der Waals surface area contributed by atoms with E-state index >= 15 is 0 Å². The molecule has 0 saturated carbocycles. The molecule has 1 aromatic rings. The lowest BCUT2D eigenvalue weighted by Gasteiger charge is -2.38. The number of piperazine rings is 1. The van der Waals surface area contributed by atoms with Crippen LogP contribution in [0.3, 0.4) is 0 Å². The van der Waals surface area contributed by atoms with E-state index in [-0.39, 0.29) is 23.8 Å². The first-order chi connectivity index (χ1) is 14.3. The predicted octanol–water partition coefficient (Wildman–Crippen LogP) is 1.82. The van der Waals surface area contributed by atoms with Crippen LogP contribution < -0.4 is 5.32 Å². The minimum absolute atomic E-state index is 0.00592. The maximum atomic E-state index is 12.9. The van der Waals surface area contributed by atoms with Gasteiger partial charge in [-0.15, -0.1) is 0 Å². The summed E-state index contributed by atoms with van der Waals surface area (Å²) in [5, 5.41) is 3.50. The Morgan fingerprint density at radius 3 is 2.13 bits per heavy atom. The molecule has 164 valence electrons. The molecule has 0 spiro atoms. The summed E-state index contributed by atoms with van der Waals surface area (Å²) < 4.78 is 0. The van der Waals surface area contributed by atoms with Crippen molar-refractivity contribution in [2.75, 3.05) is 65.2 Å². The van der Waals surface area contributed by atoms with E-state index in [9.17, 15) is 14.4 Å². The van der Waals surface area contributed by atoms with E-state index < -0.39 is 0 Å². The molecular weight excluding hydrogens is 406 g/mol. The first-order valence-electron chi connectivity index (χ1n) is 10.4. The van der Waals surface area contributed by atoms with Gasteiger partial charge in [0.2, 0.25) is 11.8 Å². The van der Waals surface area contributed by atoms with Crippen molar-refractivity contribution in [3.8, 4) is 0 Å². The standard InChI is InChI=1S/C21H30ClN5O3/c1-24(2)21(30)27-9-7-16(8-10-27)20(29)26-13-11-25(12-14-26)15-19(28)23-18-5-3-17(22)4-6-18/h3-6,16H,7-15H2,1-2H3,(H,23,28). The third-order valence-electron chi connectivity index (χ3n) is 5.68. The smallest absolute Gasteiger partial charge is 0.319 e. The summed E-state index contributed by atoms with van der Waals surface area (Å²) in [6, 6.07) is 7.03. The molecule has 8 nitrogen and oxygen atoms in total. The van der Waals surface area contributed by atoms with Crippen LogP contribution in [0.15, 0.2) is 24.3 Å². The summed E-state index contributed by atoms with van der Waals surface area (Å²) in [6.45, 7) is 4.16. The van der Waals surface area contributed by atoms with E-state index in [1.54, 1.807) is 48.2 Å². The van der Waals surface area contributed by atoms with Crippen LogP contribution in [0.5, 0.6) is 0 Å². The number of carbonyl (C=O) groups is 3. The van der Waals surface area contributed by atoms with Gasteiger partial charge in [0.25, 0.3) is 0 Å². The van der Waals surface area contributed by atoms with Crippen molar-refractivity contribution in [1.29, 1.82) is 0 Å². The summed E-state index contributed by atoms with van der Waals surface area (Å²) in [4.78, 5) is 44.5. The number of carbonyl (C=O) groups excluding carboxylic acids is 3. The van der Waals surface area contributed by atoms with E-state index in [1.807, 2.05) is 4.90 Å². The van der Waals surface area contributed by atoms with Crippen LogP contribution in [-0.4, -0.2) is 97.4 Å². The summed E-state index contributed by atoms with van der Waals surface area (Å²) >= 11 is 5.86. The van der Waals surface area contributed by atoms with Crippen molar-refractivity contribution >= 4 is 35.1 Å². The van der Waals surface area contributed by atoms with Gasteiger partial charge < -0.3 is 20.0 Å². The zero-order chi connectivity index (χ0) is 21.7. The number of likely N-dealkylation sites (tertiary alicyclic amines) is 1. The van der Waals surface area contributed by atoms with Crippen LogP contribution in [-0.2, 0) is 9.59 Å². The van der Waals surface area contributed by atoms with E-state index in [1.165, 1.54) is 0 Å². The van der Waals surface area contributed by atoms with E-state index in [0.717, 1.165) is 5.69 Å². The highest BCUT2D eigenvalue weighted by atomic mass is 35.5. The number of urea groups is 1. The van der Waals surface area contributed by atoms with Gasteiger partial charge in [-0.2, -0.15) is 0 Å². The van der Waals surface area contributed by atoms with Crippen LogP contribution in [0.4, 0.5) is 10.5 Å². The van der Waals surface area contributed by atoms with E-state index in [2.05, 4.69) is 10.2 Å². The largest absolute Gasteiger partial charge is 0.340 e. The van der Waals surface area contributed by atoms with E-state index in [4.69, 9.17) is 11.6 Å². The van der Waals surface area contributed by atoms with Crippen molar-refractivity contribution in [1.82, 2.24) is 19.6 Å². The lowest BCUT2D eigenvalue weighted by atomic mass is 9.95. The second kappa shape index (κ2) is 10.1. The molecule has 0 atom stereocenters. The fourth-order valence-corrected chi connectivity index (χ4v) is 4.05. The Morgan fingerprint density at radius 1 is 0.967 bits per heavy atom. The molecule has 2 aliphatic rings. The van der Waals surface area contributed by atoms with Gasteiger partial charge in [-0.1, -0.05) is 11.6 Å². The molecule has 0 radical (unpaired) electrons. The number of benzene rings is 1. The molecule has 1 N–H and O–H groups in total. The maximum Gasteiger partial charge on any atom is 0.319 e. The van der Waals surface area contributed by atoms with Crippen molar-refractivity contribution in [3.63, 3.8) is 0 Å². The summed E-state index contributed by atoms with van der Waals surface area (Å²) in [5.41, 5.74) is 0.720. The molecule has 2 saturated heterocycles. The number of halogens is 1. The Labute approximate surface area is 182 Å². The van der Waals surface area contributed by atoms with Crippen LogP contribution in [0, 0.1) is 5.92 Å². The quantitative estimate of drug-likeness (QED) is 0.782. The number of hydrogen-bond acceptors (Lipinski definition) is 4. The Kier molecular flexibility index (Phi) is 7.55. The second-order valence-electron chi connectivity index (χ2n) is 8.09. The molecule has 9 heteroatoms. The molecule has 0 unspecified atom stereocenters. The van der Waals surface area contributed by atoms with Gasteiger partial charge in [-0.05, 0) is 37.1 Å². The monoisotopic (exact) mass is 435 g/mol. The highest BCUT2D eigenvalue weighted by Crippen LogP contribution is 2.21. The number of nitrogens with one attached hydrogen (secondary N) is 1. The molecule has 0 bridgehead atoms. The highest BCUT2D eigenvalue weighted by Gasteiger charge is 2.32. The number of piperidine rings is 1. The van der Waals surface area contributed by atoms with Gasteiger partial charge in [0.15, 0.2) is 0 Å². The van der Waals surface area contributed by atoms with Gasteiger partial charge in [0.1, 0.15) is 0 Å². The SMILES string of the molecule is CN(C)C(=O)N1CCC(C(=O)N2CCN(CC(=O)Nc3ccc(Cl)cc3)CC2)CC1. The molecular formula is C21H30ClN5O3. The fourth-order valence-electron chi connectivity index (χ4n) is 3.92. The zero-order valence-electron chi connectivity index (χ0n) is 17.6. The normalized spacial score (nSPS) is 18.2. The molecule has 2 aliphatic heterocycles. The highest BCUT2D eigenvalue weighted by molar-refractivity contribution is 6.30. The molecule has 2 heterocycles. The maximum absolute atomic E-state index is 12.9. The molecule has 2 fully saturated rings. The summed E-state index contributed by atoms with van der Waals surface area (Å²) in [5.74, 6) is 0.0863. The molecule has 1 aromatic carbocycles. The Bertz CT molecular complexity index is 754. The Balaban J connectivity index is 1.39. The van der Waals surface area contributed by atoms with E-state index in [0.29, 0.717) is 63.7 Å². The number of rotatable bonds is 4. The first kappa shape index (κ1) is 22.4. The minimum atomic E-state index is -0.0740. The minimum Gasteiger partial charge on any atom is -0.340 e. The molecule has 3 rings (SSSR count). The average molecular weight is 436 g/mol. The van der Waals surface area contributed by atoms with Crippen LogP contribution in [0.25, 0.3) is 0 Å². The third kappa shape index (κ3) is 5.86. The van der Waals surface area contributed by atoms with Crippen LogP contribution >= 0.6 is 11.6 Å². The van der Waals surface area contributed by atoms with Gasteiger partial charge in [0.05, 0.1) is 6.54 Å². The van der Waals surface area contributed by atoms with Crippen molar-refractivity contribution in [3.05, 3.63) is 29.3 Å². The summed E-state index contributed by atoms with van der Waals surface area (Å²) in [7, 11) is 3.49. The number of nitrogens with zero attached hydrogens (tertiary/aromatic N) is 4. The Morgan fingerprint density at radius 2 is 1.57 bits per heavy atom. The Hall–Kier alpha value is -2.32. The fraction of sp³-hybridized carbons (Fsp3) is 0.571. The van der Waals surface area contributed by atoms with Crippen LogP contribution in [0.2, 0.25) is 5.02 Å². The molecule has 0 aliphatic carbocycles. The van der Waals surface area contributed by atoms with Crippen molar-refractivity contribution in [2.45, 2.75) is 12.8 Å². The third-order valence-corrected chi connectivity index (χ3v) is 5.93. The molecule has 4 amide bonds. The second-order valence-corrected chi connectivity index (χ2v) is 8.53. The first-order valence-corrected chi connectivity index (χ1v) is 10.7. The predicted molar refractivity (Wildman–Crippen MR) is 116 cm³/mol. The van der Waals surface area contributed by atoms with Crippen molar-refractivity contribution in [2.24, 2.45) is 5.92 Å². The van der Waals surface area contributed by atoms with Crippen molar-refractivity contribution < 1.29 is 14.4 Å². The summed E-state index contributed by atoms with van der Waals surface area (Å²) in [6.07, 6.45) is 1.42. The number of amides is 4. The lowest BCUT2D eigenvalue weighted by molar-refractivity contribution is -0.138. The van der Waals surface area contributed by atoms with Crippen LogP contribution in [0.1, 0.15) is 12.8 Å². The lowest BCUT2D eigenvalue weighted by Crippen LogP contribution is -2.53. The zero-order valence-corrected chi connectivity index (χ0v) is 18.4. The van der Waals surface area contributed by atoms with Gasteiger partial charge in [-0.25, -0.2) is 4.79 Å².